The molecular weight excluding hydrogens is 109 g/mol. The summed E-state index contributed by atoms with van der Waals surface area (Å²) < 4.78 is 1.53. The van der Waals surface area contributed by atoms with Gasteiger partial charge < -0.3 is 0 Å². The van der Waals surface area contributed by atoms with Crippen LogP contribution in [0.25, 0.3) is 0 Å². The van der Waals surface area contributed by atoms with Crippen LogP contribution in [-0.2, 0) is 0 Å². The molecule has 0 fully saturated rings. The maximum atomic E-state index is 3.73. The SMILES string of the molecule is [PH4]N(S)S. The van der Waals surface area contributed by atoms with Gasteiger partial charge in [-0.1, -0.05) is 0 Å². The molecule has 0 spiro atoms. The van der Waals surface area contributed by atoms with Crippen molar-refractivity contribution in [2.24, 2.45) is 0 Å². The first-order chi connectivity index (χ1) is 1.73. The Morgan fingerprint density at radius 3 is 1.50 bits per heavy atom. The molecule has 0 rings (SSSR count). The van der Waals surface area contributed by atoms with Gasteiger partial charge in [-0.25, -0.2) is 0 Å². The Morgan fingerprint density at radius 2 is 1.50 bits per heavy atom. The summed E-state index contributed by atoms with van der Waals surface area (Å²) in [4.78, 5) is 0. The van der Waals surface area contributed by atoms with E-state index in [9.17, 15) is 0 Å². The molecule has 0 atom stereocenters. The molecule has 4 heavy (non-hydrogen) atoms. The Hall–Kier alpha value is 1.09. The molecule has 28 valence electrons. The van der Waals surface area contributed by atoms with Crippen molar-refractivity contribution < 1.29 is 0 Å². The van der Waals surface area contributed by atoms with Gasteiger partial charge in [-0.05, 0) is 0 Å². The monoisotopic (exact) mass is 115 g/mol. The molecule has 0 heterocycles. The molecule has 0 unspecified atom stereocenters. The molecule has 0 bridgehead atoms. The van der Waals surface area contributed by atoms with E-state index in [4.69, 9.17) is 0 Å². The van der Waals surface area contributed by atoms with E-state index in [1.165, 1.54) is 3.48 Å². The van der Waals surface area contributed by atoms with E-state index in [0.29, 0.717) is 0 Å². The zero-order chi connectivity index (χ0) is 3.58. The zero-order valence-electron chi connectivity index (χ0n) is 2.34. The van der Waals surface area contributed by atoms with Gasteiger partial charge in [-0.2, -0.15) is 0 Å². The van der Waals surface area contributed by atoms with Crippen molar-refractivity contribution in [3.63, 3.8) is 0 Å². The topological polar surface area (TPSA) is 3.24 Å². The molecular formula is H6NPS2. The molecule has 0 aromatic heterocycles. The number of hydrogen-bond donors (Lipinski definition) is 2. The molecule has 0 aliphatic rings. The van der Waals surface area contributed by atoms with E-state index < -0.39 is 0 Å². The average Bonchev–Trinajstić information content (AvgIpc) is 0.811. The van der Waals surface area contributed by atoms with Gasteiger partial charge in [0.15, 0.2) is 0 Å². The van der Waals surface area contributed by atoms with Crippen LogP contribution < -0.4 is 0 Å². The van der Waals surface area contributed by atoms with Crippen molar-refractivity contribution in [1.82, 2.24) is 3.48 Å². The predicted molar refractivity (Wildman–Crippen MR) is 32.3 cm³/mol. The van der Waals surface area contributed by atoms with E-state index in [0.717, 1.165) is 9.39 Å². The van der Waals surface area contributed by atoms with Gasteiger partial charge in [0, 0.05) is 0 Å². The van der Waals surface area contributed by atoms with E-state index in [1.807, 2.05) is 0 Å². The zero-order valence-corrected chi connectivity index (χ0v) is 6.13. The van der Waals surface area contributed by atoms with Crippen LogP contribution >= 0.6 is 35.0 Å². The van der Waals surface area contributed by atoms with Gasteiger partial charge in [0.05, 0.1) is 0 Å². The third-order valence-electron chi connectivity index (χ3n) is 0. The first-order valence-electron chi connectivity index (χ1n) is 0.847. The maximum absolute atomic E-state index is 3.73. The Kier molecular flexibility index (Phi) is 2.97. The summed E-state index contributed by atoms with van der Waals surface area (Å²) in [6.45, 7) is 0. The first kappa shape index (κ1) is 5.09. The van der Waals surface area contributed by atoms with Crippen molar-refractivity contribution in [2.75, 3.05) is 0 Å². The van der Waals surface area contributed by atoms with Gasteiger partial charge in [0.2, 0.25) is 0 Å². The van der Waals surface area contributed by atoms with Crippen LogP contribution in [0.3, 0.4) is 0 Å². The second-order valence-electron chi connectivity index (χ2n) is 0.489. The predicted octanol–water partition coefficient (Wildman–Crippen LogP) is 0.233. The molecule has 1 nitrogen and oxygen atoms in total. The Labute approximate surface area is 39.1 Å². The summed E-state index contributed by atoms with van der Waals surface area (Å²) in [5.41, 5.74) is 0. The molecule has 0 aromatic rings. The van der Waals surface area contributed by atoms with Crippen LogP contribution in [0.5, 0.6) is 0 Å². The van der Waals surface area contributed by atoms with E-state index in [1.54, 1.807) is 0 Å². The molecule has 4 heteroatoms. The third-order valence-corrected chi connectivity index (χ3v) is 0. The molecule has 0 aliphatic carbocycles. The summed E-state index contributed by atoms with van der Waals surface area (Å²) in [5, 5.41) is 0. The summed E-state index contributed by atoms with van der Waals surface area (Å²) in [6, 6.07) is 0. The second kappa shape index (κ2) is 2.33. The number of nitrogens with zero attached hydrogens (tertiary/aromatic N) is 1. The van der Waals surface area contributed by atoms with E-state index >= 15 is 0 Å². The van der Waals surface area contributed by atoms with Crippen LogP contribution in [0, 0.1) is 0 Å². The van der Waals surface area contributed by atoms with Gasteiger partial charge >= 0.3 is 38.5 Å². The summed E-state index contributed by atoms with van der Waals surface area (Å²) in [5.74, 6) is 0. The first-order valence-corrected chi connectivity index (χ1v) is 2.54. The second-order valence-corrected chi connectivity index (χ2v) is 4.40. The molecule has 0 radical (unpaired) electrons. The minimum absolute atomic E-state index is 0.910. The van der Waals surface area contributed by atoms with E-state index in [-0.39, 0.29) is 0 Å². The van der Waals surface area contributed by atoms with Crippen LogP contribution in [-0.4, -0.2) is 3.48 Å². The van der Waals surface area contributed by atoms with Crippen LogP contribution in [0.15, 0.2) is 0 Å². The van der Waals surface area contributed by atoms with Crippen molar-refractivity contribution >= 4 is 35.0 Å². The number of thiol groups is 2. The molecule has 0 N–H and O–H groups in total. The van der Waals surface area contributed by atoms with Crippen LogP contribution in [0.2, 0.25) is 0 Å². The van der Waals surface area contributed by atoms with Gasteiger partial charge in [-0.15, -0.1) is 0 Å². The van der Waals surface area contributed by atoms with Gasteiger partial charge in [0.1, 0.15) is 0 Å². The van der Waals surface area contributed by atoms with Crippen molar-refractivity contribution in [1.29, 1.82) is 0 Å². The number of rotatable bonds is 0. The Bertz CT molecular complexity index is 10.8. The summed E-state index contributed by atoms with van der Waals surface area (Å²) in [6.07, 6.45) is 0. The van der Waals surface area contributed by atoms with Crippen LogP contribution in [0.4, 0.5) is 0 Å². The molecule has 0 saturated heterocycles. The Morgan fingerprint density at radius 1 is 1.50 bits per heavy atom. The third kappa shape index (κ3) is 11.4. The van der Waals surface area contributed by atoms with Crippen molar-refractivity contribution in [2.45, 2.75) is 0 Å². The molecule has 0 saturated carbocycles. The quantitative estimate of drug-likeness (QED) is 0.338. The fraction of sp³-hybridized carbons (Fsp3) is 0. The molecule has 0 aliphatic heterocycles. The minimum atomic E-state index is 0.910. The molecule has 0 amide bonds. The Balaban J connectivity index is 2.32. The fourth-order valence-corrected chi connectivity index (χ4v) is 0. The average molecular weight is 115 g/mol. The normalized spacial score (nSPS) is 9.25. The van der Waals surface area contributed by atoms with E-state index in [2.05, 4.69) is 25.6 Å². The summed E-state index contributed by atoms with van der Waals surface area (Å²) >= 11 is 7.45. The number of hydrogen-bond acceptors (Lipinski definition) is 3. The van der Waals surface area contributed by atoms with Crippen LogP contribution in [0.1, 0.15) is 0 Å². The molecule has 0 aromatic carbocycles. The summed E-state index contributed by atoms with van der Waals surface area (Å²) in [7, 11) is 0.910. The van der Waals surface area contributed by atoms with Crippen molar-refractivity contribution in [3.8, 4) is 0 Å². The van der Waals surface area contributed by atoms with Crippen molar-refractivity contribution in [3.05, 3.63) is 0 Å². The fourth-order valence-electron chi connectivity index (χ4n) is 0. The standard InChI is InChI=1S/H6NPS2/c2-1(3)4/h3-4H,2H4. The van der Waals surface area contributed by atoms with Gasteiger partial charge in [0.25, 0.3) is 0 Å². The van der Waals surface area contributed by atoms with Gasteiger partial charge in [-0.3, -0.25) is 0 Å².